The Kier molecular flexibility index (Phi) is 8.02. The highest BCUT2D eigenvalue weighted by atomic mass is 35.5. The maximum atomic E-state index is 13.8. The van der Waals surface area contributed by atoms with Crippen LogP contribution in [-0.2, 0) is 12.1 Å². The van der Waals surface area contributed by atoms with Gasteiger partial charge in [0.1, 0.15) is 23.7 Å². The van der Waals surface area contributed by atoms with Crippen molar-refractivity contribution in [3.63, 3.8) is 0 Å². The Morgan fingerprint density at radius 1 is 0.973 bits per heavy atom. The van der Waals surface area contributed by atoms with E-state index in [0.717, 1.165) is 72.6 Å². The average molecular weight is 543 g/mol. The molecule has 0 amide bonds. The number of fused-ring (bicyclic) bond motifs is 3. The van der Waals surface area contributed by atoms with Gasteiger partial charge in [-0.3, -0.25) is 0 Å². The minimum atomic E-state index is -1.12. The van der Waals surface area contributed by atoms with Crippen molar-refractivity contribution < 1.29 is 30.9 Å². The summed E-state index contributed by atoms with van der Waals surface area (Å²) in [5.74, 6) is 1.54. The number of rotatable bonds is 7. The number of hydrogen-bond acceptors (Lipinski definition) is 4. The van der Waals surface area contributed by atoms with Crippen LogP contribution in [0.5, 0.6) is 0 Å². The summed E-state index contributed by atoms with van der Waals surface area (Å²) >= 11 is 1.83. The quantitative estimate of drug-likeness (QED) is 0.464. The van der Waals surface area contributed by atoms with E-state index in [4.69, 9.17) is 4.52 Å². The fraction of sp³-hybridized carbons (Fsp3) is 0.500. The molecule has 0 radical (unpaired) electrons. The van der Waals surface area contributed by atoms with Gasteiger partial charge in [-0.1, -0.05) is 60.8 Å². The first-order valence-electron chi connectivity index (χ1n) is 13.6. The first-order chi connectivity index (χ1) is 17.5. The minimum absolute atomic E-state index is 0. The molecule has 3 saturated heterocycles. The van der Waals surface area contributed by atoms with Gasteiger partial charge in [0.25, 0.3) is 0 Å². The van der Waals surface area contributed by atoms with Crippen LogP contribution >= 0.6 is 11.8 Å². The first kappa shape index (κ1) is 26.7. The van der Waals surface area contributed by atoms with Crippen LogP contribution in [0.25, 0.3) is 0 Å². The van der Waals surface area contributed by atoms with Crippen LogP contribution in [0.2, 0.25) is 0 Å². The minimum Gasteiger partial charge on any atom is -1.00 e. The third kappa shape index (κ3) is 5.36. The fourth-order valence-electron chi connectivity index (χ4n) is 6.99. The number of halogens is 2. The number of thioether (sulfide) groups is 1. The van der Waals surface area contributed by atoms with Crippen LogP contribution in [0.4, 0.5) is 4.39 Å². The zero-order chi connectivity index (χ0) is 24.6. The van der Waals surface area contributed by atoms with Gasteiger partial charge < -0.3 is 26.5 Å². The van der Waals surface area contributed by atoms with E-state index in [1.165, 1.54) is 25.3 Å². The zero-order valence-electron chi connectivity index (χ0n) is 21.2. The fourth-order valence-corrected chi connectivity index (χ4v) is 8.54. The van der Waals surface area contributed by atoms with Crippen molar-refractivity contribution in [2.45, 2.75) is 67.2 Å². The molecule has 1 aromatic heterocycles. The Labute approximate surface area is 229 Å². The lowest BCUT2D eigenvalue weighted by Gasteiger charge is -2.52. The normalized spacial score (nSPS) is 27.4. The highest BCUT2D eigenvalue weighted by Crippen LogP contribution is 2.45. The number of aromatic nitrogens is 1. The lowest BCUT2D eigenvalue weighted by molar-refractivity contribution is -0.954. The summed E-state index contributed by atoms with van der Waals surface area (Å²) < 4.78 is 20.7. The van der Waals surface area contributed by atoms with E-state index in [9.17, 15) is 9.50 Å². The number of aliphatic hydroxyl groups is 1. The SMILES string of the molecule is O[C@](c1ccccc1)(c1cc(C[N+]23CCC(CC2)[C@@H](Sc2cccc(F)c2)C3)on1)C1CCCCC1.[Cl-]. The topological polar surface area (TPSA) is 46.3 Å². The molecule has 3 aromatic rings. The summed E-state index contributed by atoms with van der Waals surface area (Å²) in [7, 11) is 0. The molecule has 7 heteroatoms. The molecule has 3 aliphatic heterocycles. The highest BCUT2D eigenvalue weighted by Gasteiger charge is 2.48. The van der Waals surface area contributed by atoms with Crippen molar-refractivity contribution in [2.24, 2.45) is 11.8 Å². The lowest BCUT2D eigenvalue weighted by Crippen LogP contribution is -3.00. The molecular weight excluding hydrogens is 507 g/mol. The number of benzene rings is 2. The number of piperidine rings is 3. The summed E-state index contributed by atoms with van der Waals surface area (Å²) in [4.78, 5) is 1.02. The molecule has 1 N–H and O–H groups in total. The van der Waals surface area contributed by atoms with E-state index in [1.54, 1.807) is 12.1 Å². The monoisotopic (exact) mass is 542 g/mol. The predicted octanol–water partition coefficient (Wildman–Crippen LogP) is 3.54. The molecule has 37 heavy (non-hydrogen) atoms. The molecule has 1 aliphatic carbocycles. The van der Waals surface area contributed by atoms with Gasteiger partial charge in [0.2, 0.25) is 0 Å². The van der Waals surface area contributed by atoms with E-state index in [0.29, 0.717) is 16.9 Å². The van der Waals surface area contributed by atoms with Gasteiger partial charge in [0.05, 0.1) is 24.9 Å². The Morgan fingerprint density at radius 3 is 2.46 bits per heavy atom. The molecule has 4 heterocycles. The van der Waals surface area contributed by atoms with E-state index in [-0.39, 0.29) is 24.1 Å². The van der Waals surface area contributed by atoms with Crippen LogP contribution in [0.15, 0.2) is 70.1 Å². The molecule has 2 aromatic carbocycles. The van der Waals surface area contributed by atoms with Gasteiger partial charge in [-0.25, -0.2) is 4.39 Å². The Morgan fingerprint density at radius 2 is 1.73 bits per heavy atom. The Hall–Kier alpha value is -1.86. The molecule has 1 saturated carbocycles. The van der Waals surface area contributed by atoms with Crippen molar-refractivity contribution in [3.8, 4) is 0 Å². The van der Waals surface area contributed by atoms with Crippen LogP contribution in [-0.4, -0.2) is 39.6 Å². The van der Waals surface area contributed by atoms with Crippen molar-refractivity contribution in [2.75, 3.05) is 19.6 Å². The molecular formula is C30H36ClFN2O2S. The van der Waals surface area contributed by atoms with Gasteiger partial charge in [0.15, 0.2) is 5.76 Å². The van der Waals surface area contributed by atoms with Gasteiger partial charge in [0, 0.05) is 23.8 Å². The molecule has 2 atom stereocenters. The van der Waals surface area contributed by atoms with Gasteiger partial charge >= 0.3 is 0 Å². The largest absolute Gasteiger partial charge is 1.00 e. The van der Waals surface area contributed by atoms with Crippen molar-refractivity contribution in [3.05, 3.63) is 83.5 Å². The second kappa shape index (κ2) is 11.1. The Bertz CT molecular complexity index is 1180. The highest BCUT2D eigenvalue weighted by molar-refractivity contribution is 8.00. The number of hydrogen-bond donors (Lipinski definition) is 1. The second-order valence-corrected chi connectivity index (χ2v) is 12.5. The van der Waals surface area contributed by atoms with E-state index in [1.807, 2.05) is 54.2 Å². The van der Waals surface area contributed by atoms with Gasteiger partial charge in [-0.05, 0) is 48.4 Å². The maximum Gasteiger partial charge on any atom is 0.191 e. The lowest BCUT2D eigenvalue weighted by atomic mass is 9.71. The van der Waals surface area contributed by atoms with Crippen LogP contribution in [0.1, 0.15) is 62.0 Å². The van der Waals surface area contributed by atoms with Crippen molar-refractivity contribution >= 4 is 11.8 Å². The van der Waals surface area contributed by atoms with Crippen LogP contribution < -0.4 is 12.4 Å². The maximum absolute atomic E-state index is 13.8. The van der Waals surface area contributed by atoms with Crippen molar-refractivity contribution in [1.29, 1.82) is 0 Å². The standard InChI is InChI=1S/C30H36FN2O2S.ClH/c31-25-12-7-13-27(18-25)36-28-21-33(16-14-22(28)15-17-33)20-26-19-29(32-35-26)30(34,23-8-3-1-4-9-23)24-10-5-2-6-11-24;/h1,3-4,7-9,12-13,18-19,22,24,28,34H,2,5-6,10-11,14-17,20-21H2;1H/q+1;/p-1/t22?,28-,30-,33?;/m0./s1. The second-order valence-electron chi connectivity index (χ2n) is 11.2. The molecule has 4 fully saturated rings. The molecule has 2 bridgehead atoms. The summed E-state index contributed by atoms with van der Waals surface area (Å²) in [6.07, 6.45) is 7.95. The third-order valence-electron chi connectivity index (χ3n) is 8.98. The van der Waals surface area contributed by atoms with Gasteiger partial charge in [-0.15, -0.1) is 11.8 Å². The summed E-state index contributed by atoms with van der Waals surface area (Å²) in [5, 5.41) is 17.2. The number of quaternary nitrogens is 1. The van der Waals surface area contributed by atoms with E-state index < -0.39 is 5.60 Å². The van der Waals surface area contributed by atoms with E-state index in [2.05, 4.69) is 5.16 Å². The van der Waals surface area contributed by atoms with Crippen molar-refractivity contribution in [1.82, 2.24) is 5.16 Å². The predicted molar refractivity (Wildman–Crippen MR) is 140 cm³/mol. The summed E-state index contributed by atoms with van der Waals surface area (Å²) in [6, 6.07) is 19.1. The molecule has 7 rings (SSSR count). The zero-order valence-corrected chi connectivity index (χ0v) is 22.8. The van der Waals surface area contributed by atoms with E-state index >= 15 is 0 Å². The average Bonchev–Trinajstić information content (AvgIpc) is 3.38. The van der Waals surface area contributed by atoms with Crippen LogP contribution in [0, 0.1) is 17.7 Å². The smallest absolute Gasteiger partial charge is 0.191 e. The molecule has 0 spiro atoms. The molecule has 4 nitrogen and oxygen atoms in total. The van der Waals surface area contributed by atoms with Gasteiger partial charge in [-0.2, -0.15) is 0 Å². The number of nitrogens with zero attached hydrogens (tertiary/aromatic N) is 2. The molecule has 0 unspecified atom stereocenters. The third-order valence-corrected chi connectivity index (χ3v) is 10.3. The molecule has 198 valence electrons. The van der Waals surface area contributed by atoms with Crippen LogP contribution in [0.3, 0.4) is 0 Å². The Balaban J connectivity index is 0.00000280. The first-order valence-corrected chi connectivity index (χ1v) is 14.4. The summed E-state index contributed by atoms with van der Waals surface area (Å²) in [5.41, 5.74) is 0.453. The summed E-state index contributed by atoms with van der Waals surface area (Å²) in [6.45, 7) is 4.15. The molecule has 4 aliphatic rings.